The number of hydrogen-bond donors (Lipinski definition) is 1. The van der Waals surface area contributed by atoms with Crippen molar-refractivity contribution in [2.45, 2.75) is 6.92 Å². The van der Waals surface area contributed by atoms with Crippen LogP contribution in [0.4, 0.5) is 5.69 Å². The molecule has 4 heteroatoms. The average Bonchev–Trinajstić information content (AvgIpc) is 2.46. The third kappa shape index (κ3) is 6.29. The molecule has 0 atom stereocenters. The molecule has 0 saturated carbocycles. The number of esters is 1. The standard InChI is InChI=1S/C16H19NO2S/c1-3-16(18)19-13-12-17(11-7-8-14(2)20)15-9-5-4-6-10-15/h3-11,20H,1,12-13H2,2H3/b11-7+,14-8-. The number of benzene rings is 1. The first kappa shape index (κ1) is 16.1. The highest BCUT2D eigenvalue weighted by Crippen LogP contribution is 2.13. The smallest absolute Gasteiger partial charge is 0.330 e. The number of anilines is 1. The number of carbonyl (C=O) groups is 1. The molecule has 0 aromatic heterocycles. The molecule has 0 unspecified atom stereocenters. The van der Waals surface area contributed by atoms with Gasteiger partial charge in [0.1, 0.15) is 6.61 Å². The lowest BCUT2D eigenvalue weighted by Gasteiger charge is -2.20. The molecule has 0 heterocycles. The Bertz CT molecular complexity index is 490. The fourth-order valence-corrected chi connectivity index (χ4v) is 1.58. The Balaban J connectivity index is 2.70. The molecule has 0 saturated heterocycles. The van der Waals surface area contributed by atoms with E-state index in [9.17, 15) is 4.79 Å². The summed E-state index contributed by atoms with van der Waals surface area (Å²) in [4.78, 5) is 14.0. The molecule has 3 nitrogen and oxygen atoms in total. The zero-order valence-corrected chi connectivity index (χ0v) is 12.4. The molecule has 0 aliphatic rings. The van der Waals surface area contributed by atoms with Crippen LogP contribution in [-0.2, 0) is 9.53 Å². The van der Waals surface area contributed by atoms with Crippen molar-refractivity contribution >= 4 is 24.3 Å². The van der Waals surface area contributed by atoms with Gasteiger partial charge in [-0.2, -0.15) is 0 Å². The minimum Gasteiger partial charge on any atom is -0.461 e. The van der Waals surface area contributed by atoms with E-state index in [1.165, 1.54) is 0 Å². The van der Waals surface area contributed by atoms with Gasteiger partial charge in [-0.05, 0) is 30.0 Å². The number of carbonyl (C=O) groups excluding carboxylic acids is 1. The molecule has 0 fully saturated rings. The summed E-state index contributed by atoms with van der Waals surface area (Å²) in [5.41, 5.74) is 1.03. The van der Waals surface area contributed by atoms with Crippen molar-refractivity contribution in [3.63, 3.8) is 0 Å². The van der Waals surface area contributed by atoms with Crippen LogP contribution in [0.1, 0.15) is 6.92 Å². The molecule has 20 heavy (non-hydrogen) atoms. The Kier molecular flexibility index (Phi) is 7.29. The third-order valence-corrected chi connectivity index (χ3v) is 2.58. The maximum Gasteiger partial charge on any atom is 0.330 e. The first-order valence-corrected chi connectivity index (χ1v) is 6.73. The highest BCUT2D eigenvalue weighted by atomic mass is 32.1. The number of hydrogen-bond acceptors (Lipinski definition) is 4. The maximum atomic E-state index is 11.0. The van der Waals surface area contributed by atoms with Gasteiger partial charge in [0.2, 0.25) is 0 Å². The molecule has 106 valence electrons. The first-order chi connectivity index (χ1) is 9.63. The predicted molar refractivity (Wildman–Crippen MR) is 86.8 cm³/mol. The van der Waals surface area contributed by atoms with E-state index in [4.69, 9.17) is 4.74 Å². The van der Waals surface area contributed by atoms with E-state index in [-0.39, 0.29) is 0 Å². The third-order valence-electron chi connectivity index (χ3n) is 2.43. The minimum atomic E-state index is -0.409. The van der Waals surface area contributed by atoms with Crippen LogP contribution < -0.4 is 4.90 Å². The summed E-state index contributed by atoms with van der Waals surface area (Å²) in [6.45, 7) is 6.14. The van der Waals surface area contributed by atoms with Gasteiger partial charge in [-0.3, -0.25) is 0 Å². The van der Waals surface area contributed by atoms with Gasteiger partial charge in [0.15, 0.2) is 0 Å². The zero-order chi connectivity index (χ0) is 14.8. The molecule has 0 N–H and O–H groups in total. The van der Waals surface area contributed by atoms with E-state index in [0.29, 0.717) is 13.2 Å². The molecule has 0 radical (unpaired) electrons. The summed E-state index contributed by atoms with van der Waals surface area (Å²) >= 11 is 4.21. The van der Waals surface area contributed by atoms with Crippen molar-refractivity contribution < 1.29 is 9.53 Å². The topological polar surface area (TPSA) is 29.5 Å². The molecular formula is C16H19NO2S. The second kappa shape index (κ2) is 9.04. The highest BCUT2D eigenvalue weighted by Gasteiger charge is 2.03. The molecule has 0 aliphatic carbocycles. The fraction of sp³-hybridized carbons (Fsp3) is 0.188. The van der Waals surface area contributed by atoms with Gasteiger partial charge in [-0.15, -0.1) is 12.6 Å². The molecule has 0 amide bonds. The van der Waals surface area contributed by atoms with Gasteiger partial charge in [0.25, 0.3) is 0 Å². The average molecular weight is 289 g/mol. The van der Waals surface area contributed by atoms with Crippen LogP contribution in [0.2, 0.25) is 0 Å². The molecule has 1 aromatic rings. The van der Waals surface area contributed by atoms with Crippen LogP contribution in [0.5, 0.6) is 0 Å². The van der Waals surface area contributed by atoms with E-state index < -0.39 is 5.97 Å². The summed E-state index contributed by atoms with van der Waals surface area (Å²) in [5.74, 6) is -0.409. The second-order valence-corrected chi connectivity index (χ2v) is 4.76. The molecule has 0 aliphatic heterocycles. The Morgan fingerprint density at radius 1 is 1.40 bits per heavy atom. The van der Waals surface area contributed by atoms with E-state index >= 15 is 0 Å². The molecule has 0 spiro atoms. The quantitative estimate of drug-likeness (QED) is 0.360. The second-order valence-electron chi connectivity index (χ2n) is 4.05. The number of para-hydroxylation sites is 1. The number of ether oxygens (including phenoxy) is 1. The monoisotopic (exact) mass is 289 g/mol. The van der Waals surface area contributed by atoms with Gasteiger partial charge in [0, 0.05) is 18.0 Å². The van der Waals surface area contributed by atoms with Crippen molar-refractivity contribution in [3.8, 4) is 0 Å². The van der Waals surface area contributed by atoms with Crippen LogP contribution >= 0.6 is 12.6 Å². The highest BCUT2D eigenvalue weighted by molar-refractivity contribution is 7.84. The summed E-state index contributed by atoms with van der Waals surface area (Å²) in [7, 11) is 0. The zero-order valence-electron chi connectivity index (χ0n) is 11.5. The molecule has 1 rings (SSSR count). The Hall–Kier alpha value is -1.94. The largest absolute Gasteiger partial charge is 0.461 e. The van der Waals surface area contributed by atoms with Crippen molar-refractivity contribution in [1.82, 2.24) is 0 Å². The first-order valence-electron chi connectivity index (χ1n) is 6.28. The van der Waals surface area contributed by atoms with Crippen LogP contribution in [0.3, 0.4) is 0 Å². The lowest BCUT2D eigenvalue weighted by molar-refractivity contribution is -0.137. The normalized spacial score (nSPS) is 11.4. The van der Waals surface area contributed by atoms with Gasteiger partial charge in [-0.25, -0.2) is 4.79 Å². The minimum absolute atomic E-state index is 0.299. The van der Waals surface area contributed by atoms with E-state index in [0.717, 1.165) is 16.7 Å². The predicted octanol–water partition coefficient (Wildman–Crippen LogP) is 3.57. The Morgan fingerprint density at radius 3 is 2.70 bits per heavy atom. The van der Waals surface area contributed by atoms with Gasteiger partial charge >= 0.3 is 5.97 Å². The van der Waals surface area contributed by atoms with Gasteiger partial charge in [-0.1, -0.05) is 30.9 Å². The van der Waals surface area contributed by atoms with Crippen molar-refractivity contribution in [2.24, 2.45) is 0 Å². The Morgan fingerprint density at radius 2 is 2.10 bits per heavy atom. The van der Waals surface area contributed by atoms with Crippen LogP contribution in [0.25, 0.3) is 0 Å². The van der Waals surface area contributed by atoms with Crippen LogP contribution in [-0.4, -0.2) is 19.1 Å². The fourth-order valence-electron chi connectivity index (χ4n) is 1.50. The summed E-state index contributed by atoms with van der Waals surface area (Å²) in [6.07, 6.45) is 6.89. The maximum absolute atomic E-state index is 11.0. The number of thiol groups is 1. The lowest BCUT2D eigenvalue weighted by Crippen LogP contribution is -2.22. The molecular weight excluding hydrogens is 270 g/mol. The van der Waals surface area contributed by atoms with Gasteiger partial charge < -0.3 is 9.64 Å². The van der Waals surface area contributed by atoms with Crippen molar-refractivity contribution in [1.29, 1.82) is 0 Å². The molecule has 0 bridgehead atoms. The summed E-state index contributed by atoms with van der Waals surface area (Å²) in [6, 6.07) is 9.88. The van der Waals surface area contributed by atoms with E-state index in [1.807, 2.05) is 60.5 Å². The number of allylic oxidation sites excluding steroid dienone is 3. The number of rotatable bonds is 7. The van der Waals surface area contributed by atoms with Crippen LogP contribution in [0, 0.1) is 0 Å². The van der Waals surface area contributed by atoms with Crippen LogP contribution in [0.15, 0.2) is 66.2 Å². The van der Waals surface area contributed by atoms with Crippen molar-refractivity contribution in [2.75, 3.05) is 18.1 Å². The van der Waals surface area contributed by atoms with E-state index in [1.54, 1.807) is 0 Å². The lowest BCUT2D eigenvalue weighted by atomic mass is 10.3. The van der Waals surface area contributed by atoms with Gasteiger partial charge in [0.05, 0.1) is 6.54 Å². The van der Waals surface area contributed by atoms with Crippen molar-refractivity contribution in [3.05, 3.63) is 66.2 Å². The SMILES string of the molecule is C=CC(=O)OCCN(/C=C/C=C(/C)S)c1ccccc1. The summed E-state index contributed by atoms with van der Waals surface area (Å²) < 4.78 is 5.01. The number of nitrogens with zero attached hydrogens (tertiary/aromatic N) is 1. The Labute approximate surface area is 125 Å². The summed E-state index contributed by atoms with van der Waals surface area (Å²) in [5, 5.41) is 0. The molecule has 1 aromatic carbocycles. The van der Waals surface area contributed by atoms with E-state index in [2.05, 4.69) is 19.2 Å².